The molecule has 1 heterocycles. The lowest BCUT2D eigenvalue weighted by Crippen LogP contribution is -2.53. The van der Waals surface area contributed by atoms with E-state index < -0.39 is 5.97 Å². The van der Waals surface area contributed by atoms with Gasteiger partial charge in [0.1, 0.15) is 0 Å². The Morgan fingerprint density at radius 2 is 1.97 bits per heavy atom. The van der Waals surface area contributed by atoms with Gasteiger partial charge in [-0.25, -0.2) is 5.48 Å². The van der Waals surface area contributed by atoms with E-state index in [9.17, 15) is 9.59 Å². The number of benzene rings is 1. The van der Waals surface area contributed by atoms with E-state index in [1.54, 1.807) is 17.0 Å². The fraction of sp³-hybridized carbons (Fsp3) is 0.524. The van der Waals surface area contributed by atoms with Crippen LogP contribution in [0.3, 0.4) is 0 Å². The summed E-state index contributed by atoms with van der Waals surface area (Å²) in [6.45, 7) is 3.46. The molecule has 8 heteroatoms. The molecule has 1 aliphatic heterocycles. The maximum Gasteiger partial charge on any atom is 0.329 e. The Balaban J connectivity index is 1.76. The fourth-order valence-corrected chi connectivity index (χ4v) is 4.37. The zero-order chi connectivity index (χ0) is 21.0. The number of amides is 1. The second-order valence-corrected chi connectivity index (χ2v) is 8.47. The zero-order valence-electron chi connectivity index (χ0n) is 16.8. The summed E-state index contributed by atoms with van der Waals surface area (Å²) in [7, 11) is 1.83. The predicted octanol–water partition coefficient (Wildman–Crippen LogP) is 3.57. The van der Waals surface area contributed by atoms with Crippen LogP contribution in [0, 0.1) is 0 Å². The van der Waals surface area contributed by atoms with Gasteiger partial charge in [0, 0.05) is 25.7 Å². The number of likely N-dealkylation sites (tertiary alicyclic amines) is 1. The topological polar surface area (TPSA) is 61.9 Å². The molecule has 1 N–H and O–H groups in total. The zero-order valence-corrected chi connectivity index (χ0v) is 18.3. The Labute approximate surface area is 181 Å². The highest BCUT2D eigenvalue weighted by atomic mass is 35.5. The van der Waals surface area contributed by atoms with E-state index in [0.29, 0.717) is 10.0 Å². The van der Waals surface area contributed by atoms with Crippen LogP contribution in [0.2, 0.25) is 10.0 Å². The predicted molar refractivity (Wildman–Crippen MR) is 114 cm³/mol. The van der Waals surface area contributed by atoms with Gasteiger partial charge in [-0.2, -0.15) is 0 Å². The summed E-state index contributed by atoms with van der Waals surface area (Å²) in [4.78, 5) is 33.4. The summed E-state index contributed by atoms with van der Waals surface area (Å²) in [5.74, 6) is -0.393. The van der Waals surface area contributed by atoms with Gasteiger partial charge in [0.25, 0.3) is 0 Å². The Morgan fingerprint density at radius 1 is 1.24 bits per heavy atom. The first-order valence-corrected chi connectivity index (χ1v) is 10.7. The molecule has 2 aliphatic rings. The number of likely N-dealkylation sites (N-methyl/N-ethyl adjacent to an activating group) is 1. The van der Waals surface area contributed by atoms with Crippen LogP contribution in [0.25, 0.3) is 0 Å². The van der Waals surface area contributed by atoms with Gasteiger partial charge in [-0.15, -0.1) is 0 Å². The van der Waals surface area contributed by atoms with Crippen molar-refractivity contribution in [3.63, 3.8) is 0 Å². The molecule has 3 rings (SSSR count). The van der Waals surface area contributed by atoms with Crippen molar-refractivity contribution in [3.8, 4) is 0 Å². The Bertz CT molecular complexity index is 793. The summed E-state index contributed by atoms with van der Waals surface area (Å²) in [6, 6.07) is 5.42. The Kier molecular flexibility index (Phi) is 7.44. The van der Waals surface area contributed by atoms with E-state index in [1.807, 2.05) is 19.2 Å². The number of carbonyl (C=O) groups excluding carboxylic acids is 2. The molecule has 2 unspecified atom stereocenters. The van der Waals surface area contributed by atoms with Crippen molar-refractivity contribution >= 4 is 35.1 Å². The van der Waals surface area contributed by atoms with E-state index in [2.05, 4.69) is 10.4 Å². The van der Waals surface area contributed by atoms with Crippen molar-refractivity contribution in [1.29, 1.82) is 0 Å². The second-order valence-electron chi connectivity index (χ2n) is 7.66. The Morgan fingerprint density at radius 3 is 2.62 bits per heavy atom. The maximum atomic E-state index is 13.0. The van der Waals surface area contributed by atoms with Crippen molar-refractivity contribution in [3.05, 3.63) is 45.6 Å². The molecule has 0 radical (unpaired) electrons. The highest BCUT2D eigenvalue weighted by molar-refractivity contribution is 6.42. The van der Waals surface area contributed by atoms with Crippen molar-refractivity contribution in [1.82, 2.24) is 15.3 Å². The average Bonchev–Trinajstić information content (AvgIpc) is 3.23. The van der Waals surface area contributed by atoms with Crippen LogP contribution in [0.15, 0.2) is 30.0 Å². The summed E-state index contributed by atoms with van der Waals surface area (Å²) in [5, 5.41) is 0.918. The standard InChI is InChI=1S/C21H27Cl2N3O3/c1-14(27)29-24-16-6-8-19(26-9-3-4-10-26)20(13-16)25(2)21(28)12-15-5-7-17(22)18(23)11-15/h5,7,11,13,19-20,24H,3-4,6,8-10,12H2,1-2H3. The number of halogens is 2. The lowest BCUT2D eigenvalue weighted by Gasteiger charge is -2.41. The number of hydroxylamine groups is 1. The van der Waals surface area contributed by atoms with E-state index >= 15 is 0 Å². The van der Waals surface area contributed by atoms with E-state index in [0.717, 1.165) is 37.2 Å². The minimum Gasteiger partial charge on any atom is -0.344 e. The summed E-state index contributed by atoms with van der Waals surface area (Å²) in [5.41, 5.74) is 4.40. The molecule has 0 saturated carbocycles. The number of carbonyl (C=O) groups is 2. The van der Waals surface area contributed by atoms with E-state index in [1.165, 1.54) is 19.8 Å². The first-order chi connectivity index (χ1) is 13.8. The highest BCUT2D eigenvalue weighted by Gasteiger charge is 2.35. The number of allylic oxidation sites excluding steroid dienone is 1. The quantitative estimate of drug-likeness (QED) is 0.686. The minimum absolute atomic E-state index is 0.00238. The molecule has 1 aliphatic carbocycles. The molecule has 6 nitrogen and oxygen atoms in total. The molecule has 29 heavy (non-hydrogen) atoms. The normalized spacial score (nSPS) is 22.1. The summed E-state index contributed by atoms with van der Waals surface area (Å²) >= 11 is 12.1. The van der Waals surface area contributed by atoms with Crippen LogP contribution in [-0.4, -0.2) is 53.9 Å². The van der Waals surface area contributed by atoms with Crippen LogP contribution in [0.5, 0.6) is 0 Å². The molecule has 1 amide bonds. The van der Waals surface area contributed by atoms with Crippen molar-refractivity contribution in [2.75, 3.05) is 20.1 Å². The molecule has 0 aromatic heterocycles. The molecular formula is C21H27Cl2N3O3. The van der Waals surface area contributed by atoms with Crippen LogP contribution in [0.4, 0.5) is 0 Å². The second kappa shape index (κ2) is 9.83. The number of nitrogens with one attached hydrogen (secondary N) is 1. The number of nitrogens with zero attached hydrogens (tertiary/aromatic N) is 2. The van der Waals surface area contributed by atoms with Crippen LogP contribution >= 0.6 is 23.2 Å². The molecule has 0 bridgehead atoms. The van der Waals surface area contributed by atoms with Crippen LogP contribution in [-0.2, 0) is 20.8 Å². The molecule has 0 spiro atoms. The average molecular weight is 440 g/mol. The summed E-state index contributed by atoms with van der Waals surface area (Å²) < 4.78 is 0. The molecule has 1 saturated heterocycles. The number of hydrogen-bond acceptors (Lipinski definition) is 5. The smallest absolute Gasteiger partial charge is 0.329 e. The van der Waals surface area contributed by atoms with E-state index in [4.69, 9.17) is 28.0 Å². The molecule has 1 fully saturated rings. The van der Waals surface area contributed by atoms with E-state index in [-0.39, 0.29) is 24.4 Å². The van der Waals surface area contributed by atoms with Gasteiger partial charge in [-0.05, 0) is 62.5 Å². The summed E-state index contributed by atoms with van der Waals surface area (Å²) in [6.07, 6.45) is 6.31. The maximum absolute atomic E-state index is 13.0. The largest absolute Gasteiger partial charge is 0.344 e. The van der Waals surface area contributed by atoms with Crippen LogP contribution in [0.1, 0.15) is 38.2 Å². The SMILES string of the molecule is CC(=O)ONC1=CC(N(C)C(=O)Cc2ccc(Cl)c(Cl)c2)C(N2CCCC2)CC1. The number of rotatable bonds is 6. The molecule has 2 atom stereocenters. The Hall–Kier alpha value is -1.76. The lowest BCUT2D eigenvalue weighted by atomic mass is 9.92. The highest BCUT2D eigenvalue weighted by Crippen LogP contribution is 2.28. The first kappa shape index (κ1) is 21.9. The number of hydrogen-bond donors (Lipinski definition) is 1. The van der Waals surface area contributed by atoms with Crippen molar-refractivity contribution in [2.45, 2.75) is 51.1 Å². The van der Waals surface area contributed by atoms with Crippen LogP contribution < -0.4 is 5.48 Å². The fourth-order valence-electron chi connectivity index (χ4n) is 4.05. The van der Waals surface area contributed by atoms with Gasteiger partial charge < -0.3 is 9.74 Å². The van der Waals surface area contributed by atoms with Gasteiger partial charge in [-0.3, -0.25) is 14.5 Å². The van der Waals surface area contributed by atoms with Crippen molar-refractivity contribution < 1.29 is 14.4 Å². The van der Waals surface area contributed by atoms with Gasteiger partial charge in [0.05, 0.1) is 22.5 Å². The third kappa shape index (κ3) is 5.65. The third-order valence-electron chi connectivity index (χ3n) is 5.59. The van der Waals surface area contributed by atoms with Gasteiger partial charge >= 0.3 is 5.97 Å². The van der Waals surface area contributed by atoms with Gasteiger partial charge in [0.15, 0.2) is 0 Å². The van der Waals surface area contributed by atoms with Crippen molar-refractivity contribution in [2.24, 2.45) is 0 Å². The third-order valence-corrected chi connectivity index (χ3v) is 6.33. The lowest BCUT2D eigenvalue weighted by molar-refractivity contribution is -0.147. The molecular weight excluding hydrogens is 413 g/mol. The molecule has 1 aromatic carbocycles. The first-order valence-electron chi connectivity index (χ1n) is 9.93. The molecule has 158 valence electrons. The minimum atomic E-state index is -0.395. The molecule has 1 aromatic rings. The monoisotopic (exact) mass is 439 g/mol. The van der Waals surface area contributed by atoms with Gasteiger partial charge in [-0.1, -0.05) is 29.3 Å². The van der Waals surface area contributed by atoms with Gasteiger partial charge in [0.2, 0.25) is 5.91 Å².